The number of hydrogen-bond donors (Lipinski definition) is 4. The van der Waals surface area contributed by atoms with Gasteiger partial charge in [0, 0.05) is 50.0 Å². The molecule has 3 heterocycles. The maximum atomic E-state index is 12.7. The molecule has 0 atom stereocenters. The van der Waals surface area contributed by atoms with Gasteiger partial charge in [-0.3, -0.25) is 14.8 Å². The number of para-hydroxylation sites is 2. The minimum atomic E-state index is -0.216. The first-order valence-corrected chi connectivity index (χ1v) is 10.7. The van der Waals surface area contributed by atoms with Gasteiger partial charge >= 0.3 is 0 Å². The van der Waals surface area contributed by atoms with E-state index in [4.69, 9.17) is 5.11 Å². The van der Waals surface area contributed by atoms with Crippen molar-refractivity contribution in [2.75, 3.05) is 49.5 Å². The predicted octanol–water partition coefficient (Wildman–Crippen LogP) is 2.32. The lowest BCUT2D eigenvalue weighted by Crippen LogP contribution is -2.47. The summed E-state index contributed by atoms with van der Waals surface area (Å²) in [7, 11) is 0. The van der Waals surface area contributed by atoms with Crippen molar-refractivity contribution < 1.29 is 9.90 Å². The highest BCUT2D eigenvalue weighted by Crippen LogP contribution is 2.22. The topological polar surface area (TPSA) is 113 Å². The van der Waals surface area contributed by atoms with Crippen molar-refractivity contribution in [3.8, 4) is 11.5 Å². The Kier molecular flexibility index (Phi) is 5.57. The molecule has 32 heavy (non-hydrogen) atoms. The number of β-amino-alcohol motifs (C(OH)–C–C–N with tert-alkyl or cyclic N) is 1. The van der Waals surface area contributed by atoms with Gasteiger partial charge in [0.15, 0.2) is 11.6 Å². The molecule has 4 aromatic rings. The van der Waals surface area contributed by atoms with Crippen LogP contribution in [0.15, 0.2) is 54.6 Å². The van der Waals surface area contributed by atoms with Crippen molar-refractivity contribution in [3.05, 3.63) is 60.2 Å². The number of hydrogen-bond acceptors (Lipinski definition) is 6. The zero-order valence-corrected chi connectivity index (χ0v) is 17.6. The minimum absolute atomic E-state index is 0.194. The highest BCUT2D eigenvalue weighted by molar-refractivity contribution is 6.04. The van der Waals surface area contributed by atoms with Gasteiger partial charge in [-0.25, -0.2) is 4.98 Å². The standard InChI is InChI=1S/C23H25N7O2/c31-14-13-29-9-11-30(12-10-29)17-7-5-16(6-8-17)23(32)26-21-15-20(27-28-21)22-24-18-3-1-2-4-19(18)25-22/h1-8,15,31H,9-14H2,(H,24,25)(H2,26,27,28,32). The summed E-state index contributed by atoms with van der Waals surface area (Å²) in [5.41, 5.74) is 4.18. The van der Waals surface area contributed by atoms with Crippen LogP contribution in [0.5, 0.6) is 0 Å². The number of aliphatic hydroxyl groups is 1. The van der Waals surface area contributed by atoms with Crippen molar-refractivity contribution >= 4 is 28.4 Å². The number of aliphatic hydroxyl groups excluding tert-OH is 1. The van der Waals surface area contributed by atoms with Gasteiger partial charge in [-0.15, -0.1) is 0 Å². The Bertz CT molecular complexity index is 1170. The molecule has 2 aromatic carbocycles. The number of anilines is 2. The van der Waals surface area contributed by atoms with Crippen LogP contribution in [0.25, 0.3) is 22.6 Å². The summed E-state index contributed by atoms with van der Waals surface area (Å²) in [4.78, 5) is 25.0. The Morgan fingerprint density at radius 2 is 1.84 bits per heavy atom. The first kappa shape index (κ1) is 20.2. The highest BCUT2D eigenvalue weighted by Gasteiger charge is 2.17. The van der Waals surface area contributed by atoms with E-state index in [0.717, 1.165) is 49.4 Å². The maximum absolute atomic E-state index is 12.7. The van der Waals surface area contributed by atoms with E-state index in [2.05, 4.69) is 35.3 Å². The Labute approximate surface area is 185 Å². The van der Waals surface area contributed by atoms with E-state index in [1.54, 1.807) is 6.07 Å². The van der Waals surface area contributed by atoms with E-state index >= 15 is 0 Å². The summed E-state index contributed by atoms with van der Waals surface area (Å²) in [5.74, 6) is 0.893. The number of nitrogens with one attached hydrogen (secondary N) is 3. The number of benzene rings is 2. The van der Waals surface area contributed by atoms with Crippen LogP contribution in [0.4, 0.5) is 11.5 Å². The van der Waals surface area contributed by atoms with E-state index in [9.17, 15) is 4.79 Å². The number of carbonyl (C=O) groups excluding carboxylic acids is 1. The van der Waals surface area contributed by atoms with Crippen LogP contribution in [0.1, 0.15) is 10.4 Å². The fourth-order valence-corrected chi connectivity index (χ4v) is 3.97. The molecule has 0 radical (unpaired) electrons. The Morgan fingerprint density at radius 1 is 1.06 bits per heavy atom. The SMILES string of the molecule is O=C(Nc1cc(-c2nc3ccccc3[nH]2)[nH]n1)c1ccc(N2CCN(CCO)CC2)cc1. The van der Waals surface area contributed by atoms with Crippen molar-refractivity contribution in [2.45, 2.75) is 0 Å². The second kappa shape index (κ2) is 8.81. The fraction of sp³-hybridized carbons (Fsp3) is 0.261. The summed E-state index contributed by atoms with van der Waals surface area (Å²) in [5, 5.41) is 19.0. The van der Waals surface area contributed by atoms with Crippen LogP contribution in [-0.4, -0.2) is 75.4 Å². The molecule has 1 amide bonds. The number of nitrogens with zero attached hydrogens (tertiary/aromatic N) is 4. The van der Waals surface area contributed by atoms with Gasteiger partial charge in [0.1, 0.15) is 5.69 Å². The molecule has 2 aromatic heterocycles. The van der Waals surface area contributed by atoms with Crippen LogP contribution in [0.3, 0.4) is 0 Å². The monoisotopic (exact) mass is 431 g/mol. The number of H-pyrrole nitrogens is 2. The van der Waals surface area contributed by atoms with Gasteiger partial charge < -0.3 is 20.3 Å². The highest BCUT2D eigenvalue weighted by atomic mass is 16.3. The maximum Gasteiger partial charge on any atom is 0.256 e. The van der Waals surface area contributed by atoms with E-state index in [1.165, 1.54) is 0 Å². The number of aromatic nitrogens is 4. The molecule has 0 bridgehead atoms. The van der Waals surface area contributed by atoms with Gasteiger partial charge in [0.2, 0.25) is 0 Å². The number of carbonyl (C=O) groups is 1. The van der Waals surface area contributed by atoms with Crippen molar-refractivity contribution in [2.24, 2.45) is 0 Å². The number of amides is 1. The Morgan fingerprint density at radius 3 is 2.59 bits per heavy atom. The second-order valence-corrected chi connectivity index (χ2v) is 7.82. The normalized spacial score (nSPS) is 14.7. The number of piperazine rings is 1. The zero-order chi connectivity index (χ0) is 21.9. The molecule has 0 unspecified atom stereocenters. The summed E-state index contributed by atoms with van der Waals surface area (Å²) >= 11 is 0. The largest absolute Gasteiger partial charge is 0.395 e. The number of aromatic amines is 2. The number of imidazole rings is 1. The van der Waals surface area contributed by atoms with Crippen molar-refractivity contribution in [1.82, 2.24) is 25.1 Å². The molecule has 5 rings (SSSR count). The third kappa shape index (κ3) is 4.20. The fourth-order valence-electron chi connectivity index (χ4n) is 3.97. The molecular formula is C23H25N7O2. The molecule has 1 fully saturated rings. The van der Waals surface area contributed by atoms with Crippen LogP contribution >= 0.6 is 0 Å². The second-order valence-electron chi connectivity index (χ2n) is 7.82. The van der Waals surface area contributed by atoms with Crippen LogP contribution in [-0.2, 0) is 0 Å². The van der Waals surface area contributed by atoms with Crippen molar-refractivity contribution in [3.63, 3.8) is 0 Å². The molecule has 1 saturated heterocycles. The average molecular weight is 432 g/mol. The molecule has 9 heteroatoms. The van der Waals surface area contributed by atoms with Crippen LogP contribution in [0, 0.1) is 0 Å². The third-order valence-electron chi connectivity index (χ3n) is 5.75. The molecule has 0 spiro atoms. The van der Waals surface area contributed by atoms with E-state index in [1.807, 2.05) is 48.5 Å². The summed E-state index contributed by atoms with van der Waals surface area (Å²) in [6.45, 7) is 4.58. The van der Waals surface area contributed by atoms with E-state index in [-0.39, 0.29) is 12.5 Å². The molecule has 1 aliphatic rings. The molecular weight excluding hydrogens is 406 g/mol. The first-order chi connectivity index (χ1) is 15.7. The average Bonchev–Trinajstić information content (AvgIpc) is 3.47. The molecule has 4 N–H and O–H groups in total. The molecule has 9 nitrogen and oxygen atoms in total. The quantitative estimate of drug-likeness (QED) is 0.373. The summed E-state index contributed by atoms with van der Waals surface area (Å²) in [6.07, 6.45) is 0. The lowest BCUT2D eigenvalue weighted by molar-refractivity contribution is 0.102. The van der Waals surface area contributed by atoms with E-state index < -0.39 is 0 Å². The van der Waals surface area contributed by atoms with Gasteiger partial charge in [0.25, 0.3) is 5.91 Å². The van der Waals surface area contributed by atoms with Gasteiger partial charge in [-0.2, -0.15) is 5.10 Å². The summed E-state index contributed by atoms with van der Waals surface area (Å²) in [6, 6.07) is 17.2. The minimum Gasteiger partial charge on any atom is -0.395 e. The van der Waals surface area contributed by atoms with Gasteiger partial charge in [-0.1, -0.05) is 12.1 Å². The molecule has 0 aliphatic carbocycles. The van der Waals surface area contributed by atoms with Gasteiger partial charge in [-0.05, 0) is 36.4 Å². The van der Waals surface area contributed by atoms with Gasteiger partial charge in [0.05, 0.1) is 17.6 Å². The Balaban J connectivity index is 1.22. The zero-order valence-electron chi connectivity index (χ0n) is 17.6. The molecule has 0 saturated carbocycles. The summed E-state index contributed by atoms with van der Waals surface area (Å²) < 4.78 is 0. The molecule has 1 aliphatic heterocycles. The van der Waals surface area contributed by atoms with Crippen LogP contribution < -0.4 is 10.2 Å². The molecule has 164 valence electrons. The Hall–Kier alpha value is -3.69. The van der Waals surface area contributed by atoms with E-state index in [0.29, 0.717) is 22.9 Å². The number of rotatable bonds is 6. The first-order valence-electron chi connectivity index (χ1n) is 10.7. The van der Waals surface area contributed by atoms with Crippen LogP contribution in [0.2, 0.25) is 0 Å². The lowest BCUT2D eigenvalue weighted by Gasteiger charge is -2.35. The van der Waals surface area contributed by atoms with Crippen molar-refractivity contribution in [1.29, 1.82) is 0 Å². The number of fused-ring (bicyclic) bond motifs is 1. The third-order valence-corrected chi connectivity index (χ3v) is 5.75. The predicted molar refractivity (Wildman–Crippen MR) is 124 cm³/mol. The smallest absolute Gasteiger partial charge is 0.256 e. The lowest BCUT2D eigenvalue weighted by atomic mass is 10.1.